The van der Waals surface area contributed by atoms with Gasteiger partial charge in [-0.25, -0.2) is 14.3 Å². The van der Waals surface area contributed by atoms with Crippen LogP contribution in [0.4, 0.5) is 10.6 Å². The summed E-state index contributed by atoms with van der Waals surface area (Å²) in [4.78, 5) is 15.9. The van der Waals surface area contributed by atoms with Gasteiger partial charge in [0.1, 0.15) is 30.6 Å². The lowest BCUT2D eigenvalue weighted by molar-refractivity contribution is -0.0563. The molecule has 9 heteroatoms. The summed E-state index contributed by atoms with van der Waals surface area (Å²) < 4.78 is 18.0. The minimum Gasteiger partial charge on any atom is -0.434 e. The Kier molecular flexibility index (Phi) is 5.05. The van der Waals surface area contributed by atoms with Gasteiger partial charge < -0.3 is 19.9 Å². The molecule has 0 aromatic carbocycles. The molecule has 1 aliphatic carbocycles. The van der Waals surface area contributed by atoms with Crippen molar-refractivity contribution in [2.24, 2.45) is 5.92 Å². The molecule has 4 rings (SSSR count). The van der Waals surface area contributed by atoms with Crippen molar-refractivity contribution in [3.63, 3.8) is 0 Å². The highest BCUT2D eigenvalue weighted by Gasteiger charge is 2.43. The summed E-state index contributed by atoms with van der Waals surface area (Å²) in [5.41, 5.74) is 6.14. The van der Waals surface area contributed by atoms with Crippen LogP contribution in [0.2, 0.25) is 0 Å². The van der Waals surface area contributed by atoms with E-state index in [1.807, 2.05) is 12.1 Å². The quantitative estimate of drug-likeness (QED) is 0.779. The first-order valence-electron chi connectivity index (χ1n) is 9.57. The lowest BCUT2D eigenvalue weighted by atomic mass is 10.0. The molecule has 0 bridgehead atoms. The molecule has 2 N–H and O–H groups in total. The third kappa shape index (κ3) is 3.60. The molecule has 2 fully saturated rings. The van der Waals surface area contributed by atoms with E-state index in [0.717, 1.165) is 18.5 Å². The number of hydrogen-bond acceptors (Lipinski definition) is 8. The van der Waals surface area contributed by atoms with Crippen LogP contribution in [0.25, 0.3) is 5.52 Å². The van der Waals surface area contributed by atoms with Gasteiger partial charge >= 0.3 is 6.16 Å². The smallest absolute Gasteiger partial charge is 0.434 e. The zero-order valence-electron chi connectivity index (χ0n) is 15.5. The molecule has 0 amide bonds. The third-order valence-electron chi connectivity index (χ3n) is 5.56. The van der Waals surface area contributed by atoms with Crippen molar-refractivity contribution >= 4 is 17.5 Å². The predicted molar refractivity (Wildman–Crippen MR) is 98.1 cm³/mol. The molecule has 2 aromatic rings. The fourth-order valence-corrected chi connectivity index (χ4v) is 3.98. The molecular weight excluding hydrogens is 362 g/mol. The number of ether oxygens (including phenoxy) is 3. The maximum atomic E-state index is 11.9. The van der Waals surface area contributed by atoms with Crippen molar-refractivity contribution in [2.45, 2.75) is 50.2 Å². The van der Waals surface area contributed by atoms with E-state index in [0.29, 0.717) is 36.7 Å². The first-order valence-corrected chi connectivity index (χ1v) is 9.57. The number of anilines is 1. The van der Waals surface area contributed by atoms with Crippen LogP contribution in [0.15, 0.2) is 18.5 Å². The molecule has 3 heterocycles. The summed E-state index contributed by atoms with van der Waals surface area (Å²) in [5.74, 6) is 0.792. The van der Waals surface area contributed by atoms with Crippen molar-refractivity contribution in [1.82, 2.24) is 14.6 Å². The number of fused-ring (bicyclic) bond motifs is 1. The molecule has 9 nitrogen and oxygen atoms in total. The standard InChI is InChI=1S/C19H23N5O4/c20-10-19(11-27-18(25)26-9-13-3-1-2-4-13)8-7-16(28-19)14-5-6-15-17(21)22-12-23-24(14)15/h5-6,12-13,16H,1-4,7-9,11H2,(H2,21,22,23)/t16?,19-/m1/s1. The second kappa shape index (κ2) is 7.64. The van der Waals surface area contributed by atoms with Gasteiger partial charge in [0.2, 0.25) is 0 Å². The van der Waals surface area contributed by atoms with Crippen LogP contribution in [0, 0.1) is 17.2 Å². The Hall–Kier alpha value is -2.86. The van der Waals surface area contributed by atoms with Gasteiger partial charge in [-0.15, -0.1) is 0 Å². The van der Waals surface area contributed by atoms with Gasteiger partial charge in [0.15, 0.2) is 11.4 Å². The average molecular weight is 385 g/mol. The normalized spacial score (nSPS) is 25.0. The molecule has 2 atom stereocenters. The Morgan fingerprint density at radius 2 is 2.18 bits per heavy atom. The SMILES string of the molecule is N#C[C@@]1(COC(=O)OCC2CCCC2)CCC(c2ccc3c(N)ncnn23)O1. The summed E-state index contributed by atoms with van der Waals surface area (Å²) in [6, 6.07) is 5.83. The number of hydrogen-bond donors (Lipinski definition) is 1. The van der Waals surface area contributed by atoms with E-state index < -0.39 is 11.8 Å². The molecule has 0 radical (unpaired) electrons. The third-order valence-corrected chi connectivity index (χ3v) is 5.56. The van der Waals surface area contributed by atoms with Crippen molar-refractivity contribution < 1.29 is 19.0 Å². The molecule has 1 saturated heterocycles. The number of rotatable bonds is 5. The molecule has 148 valence electrons. The van der Waals surface area contributed by atoms with E-state index in [1.54, 1.807) is 4.52 Å². The second-order valence-electron chi connectivity index (χ2n) is 7.45. The average Bonchev–Trinajstić information content (AvgIpc) is 3.44. The van der Waals surface area contributed by atoms with E-state index in [2.05, 4.69) is 16.2 Å². The minimum atomic E-state index is -1.19. The summed E-state index contributed by atoms with van der Waals surface area (Å²) in [7, 11) is 0. The van der Waals surface area contributed by atoms with Crippen LogP contribution in [-0.4, -0.2) is 39.6 Å². The Bertz CT molecular complexity index is 901. The molecule has 2 aromatic heterocycles. The lowest BCUT2D eigenvalue weighted by Gasteiger charge is -2.21. The van der Waals surface area contributed by atoms with Gasteiger partial charge in [-0.1, -0.05) is 12.8 Å². The Morgan fingerprint density at radius 1 is 1.36 bits per heavy atom. The molecule has 0 spiro atoms. The number of nitrogen functional groups attached to an aromatic ring is 1. The van der Waals surface area contributed by atoms with Crippen LogP contribution in [0.5, 0.6) is 0 Å². The highest BCUT2D eigenvalue weighted by Crippen LogP contribution is 2.40. The summed E-state index contributed by atoms with van der Waals surface area (Å²) in [5, 5.41) is 13.9. The van der Waals surface area contributed by atoms with E-state index in [1.165, 1.54) is 19.2 Å². The van der Waals surface area contributed by atoms with Crippen LogP contribution in [0.3, 0.4) is 0 Å². The lowest BCUT2D eigenvalue weighted by Crippen LogP contribution is -2.34. The maximum Gasteiger partial charge on any atom is 0.508 e. The molecule has 2 aliphatic rings. The van der Waals surface area contributed by atoms with Gasteiger partial charge in [-0.05, 0) is 43.7 Å². The van der Waals surface area contributed by atoms with Crippen molar-refractivity contribution in [1.29, 1.82) is 5.26 Å². The van der Waals surface area contributed by atoms with Gasteiger partial charge in [-0.2, -0.15) is 10.4 Å². The highest BCUT2D eigenvalue weighted by atomic mass is 16.7. The fourth-order valence-electron chi connectivity index (χ4n) is 3.98. The Balaban J connectivity index is 1.36. The van der Waals surface area contributed by atoms with Crippen LogP contribution < -0.4 is 5.73 Å². The van der Waals surface area contributed by atoms with Crippen LogP contribution in [0.1, 0.15) is 50.3 Å². The van der Waals surface area contributed by atoms with Gasteiger partial charge in [0, 0.05) is 0 Å². The monoisotopic (exact) mass is 385 g/mol. The zero-order valence-corrected chi connectivity index (χ0v) is 15.5. The Labute approximate surface area is 162 Å². The second-order valence-corrected chi connectivity index (χ2v) is 7.45. The Morgan fingerprint density at radius 3 is 2.96 bits per heavy atom. The topological polar surface area (TPSA) is 125 Å². The highest BCUT2D eigenvalue weighted by molar-refractivity contribution is 5.65. The predicted octanol–water partition coefficient (Wildman–Crippen LogP) is 2.77. The largest absolute Gasteiger partial charge is 0.508 e. The number of nitrogens with zero attached hydrogens (tertiary/aromatic N) is 4. The number of aromatic nitrogens is 3. The summed E-state index contributed by atoms with van der Waals surface area (Å²) in [6.07, 6.45) is 5.85. The van der Waals surface area contributed by atoms with E-state index in [-0.39, 0.29) is 12.7 Å². The van der Waals surface area contributed by atoms with Gasteiger partial charge in [-0.3, -0.25) is 0 Å². The maximum absolute atomic E-state index is 11.9. The van der Waals surface area contributed by atoms with Crippen LogP contribution in [-0.2, 0) is 14.2 Å². The molecule has 1 saturated carbocycles. The van der Waals surface area contributed by atoms with E-state index >= 15 is 0 Å². The van der Waals surface area contributed by atoms with Gasteiger partial charge in [0.05, 0.1) is 12.3 Å². The molecule has 1 unspecified atom stereocenters. The van der Waals surface area contributed by atoms with Crippen molar-refractivity contribution in [3.05, 3.63) is 24.2 Å². The van der Waals surface area contributed by atoms with Crippen molar-refractivity contribution in [2.75, 3.05) is 18.9 Å². The number of nitriles is 1. The van der Waals surface area contributed by atoms with E-state index in [4.69, 9.17) is 19.9 Å². The number of nitrogens with two attached hydrogens (primary N) is 1. The number of carbonyl (C=O) groups excluding carboxylic acids is 1. The first-order chi connectivity index (χ1) is 13.6. The van der Waals surface area contributed by atoms with Crippen LogP contribution >= 0.6 is 0 Å². The minimum absolute atomic E-state index is 0.163. The van der Waals surface area contributed by atoms with Crippen molar-refractivity contribution in [3.8, 4) is 6.07 Å². The fraction of sp³-hybridized carbons (Fsp3) is 0.579. The zero-order chi connectivity index (χ0) is 19.6. The molecular formula is C19H23N5O4. The molecule has 1 aliphatic heterocycles. The number of carbonyl (C=O) groups is 1. The summed E-state index contributed by atoms with van der Waals surface area (Å²) >= 11 is 0. The first kappa shape index (κ1) is 18.5. The molecule has 28 heavy (non-hydrogen) atoms. The summed E-state index contributed by atoms with van der Waals surface area (Å²) in [6.45, 7) is 0.211. The van der Waals surface area contributed by atoms with E-state index in [9.17, 15) is 10.1 Å². The van der Waals surface area contributed by atoms with Gasteiger partial charge in [0.25, 0.3) is 0 Å².